The fourth-order valence-electron chi connectivity index (χ4n) is 3.44. The maximum Gasteiger partial charge on any atom is 0.243 e. The normalized spacial score (nSPS) is 12.4. The second kappa shape index (κ2) is 10.1. The first-order valence-corrected chi connectivity index (χ1v) is 10.8. The van der Waals surface area contributed by atoms with Crippen LogP contribution in [0.25, 0.3) is 0 Å². The molecule has 2 aromatic rings. The van der Waals surface area contributed by atoms with Crippen molar-refractivity contribution in [3.63, 3.8) is 0 Å². The molecule has 0 saturated carbocycles. The SMILES string of the molecule is CCC(C(=O)NC(C)(C)C)N(Cc1ccccc1Cl)C(=O)Cc1cc(C)ccc1C. The van der Waals surface area contributed by atoms with Gasteiger partial charge in [0.1, 0.15) is 6.04 Å². The third-order valence-electron chi connectivity index (χ3n) is 5.03. The van der Waals surface area contributed by atoms with E-state index >= 15 is 0 Å². The fourth-order valence-corrected chi connectivity index (χ4v) is 3.63. The molecule has 2 amide bonds. The molecule has 1 unspecified atom stereocenters. The molecule has 0 radical (unpaired) electrons. The number of benzene rings is 2. The van der Waals surface area contributed by atoms with Gasteiger partial charge >= 0.3 is 0 Å². The Bertz CT molecular complexity index is 902. The first kappa shape index (κ1) is 23.9. The van der Waals surface area contributed by atoms with E-state index in [1.54, 1.807) is 11.0 Å². The smallest absolute Gasteiger partial charge is 0.243 e. The summed E-state index contributed by atoms with van der Waals surface area (Å²) in [6, 6.07) is 13.0. The highest BCUT2D eigenvalue weighted by Crippen LogP contribution is 2.22. The minimum atomic E-state index is -0.571. The molecule has 2 rings (SSSR count). The van der Waals surface area contributed by atoms with E-state index in [1.807, 2.05) is 77.9 Å². The number of hydrogen-bond acceptors (Lipinski definition) is 2. The van der Waals surface area contributed by atoms with E-state index in [-0.39, 0.29) is 23.8 Å². The minimum Gasteiger partial charge on any atom is -0.350 e. The van der Waals surface area contributed by atoms with Crippen molar-refractivity contribution in [3.8, 4) is 0 Å². The topological polar surface area (TPSA) is 49.4 Å². The van der Waals surface area contributed by atoms with Crippen LogP contribution in [-0.2, 0) is 22.6 Å². The van der Waals surface area contributed by atoms with Gasteiger partial charge in [0.2, 0.25) is 11.8 Å². The van der Waals surface area contributed by atoms with Crippen LogP contribution in [0.3, 0.4) is 0 Å². The van der Waals surface area contributed by atoms with Crippen molar-refractivity contribution >= 4 is 23.4 Å². The lowest BCUT2D eigenvalue weighted by molar-refractivity contribution is -0.141. The molecule has 0 aliphatic heterocycles. The number of nitrogens with one attached hydrogen (secondary N) is 1. The molecule has 0 spiro atoms. The van der Waals surface area contributed by atoms with Gasteiger partial charge in [0.05, 0.1) is 6.42 Å². The highest BCUT2D eigenvalue weighted by Gasteiger charge is 2.31. The average molecular weight is 429 g/mol. The van der Waals surface area contributed by atoms with Gasteiger partial charge in [0.15, 0.2) is 0 Å². The molecule has 0 fully saturated rings. The van der Waals surface area contributed by atoms with Crippen molar-refractivity contribution in [2.24, 2.45) is 0 Å². The molecule has 0 aromatic heterocycles. The second-order valence-corrected chi connectivity index (χ2v) is 9.29. The monoisotopic (exact) mass is 428 g/mol. The van der Waals surface area contributed by atoms with E-state index in [1.165, 1.54) is 0 Å². The summed E-state index contributed by atoms with van der Waals surface area (Å²) < 4.78 is 0. The largest absolute Gasteiger partial charge is 0.350 e. The van der Waals surface area contributed by atoms with Crippen LogP contribution in [0.15, 0.2) is 42.5 Å². The lowest BCUT2D eigenvalue weighted by Crippen LogP contribution is -2.53. The Hall–Kier alpha value is -2.33. The number of carbonyl (C=O) groups excluding carboxylic acids is 2. The predicted molar refractivity (Wildman–Crippen MR) is 124 cm³/mol. The Morgan fingerprint density at radius 2 is 1.73 bits per heavy atom. The van der Waals surface area contributed by atoms with Crippen LogP contribution in [0.2, 0.25) is 5.02 Å². The number of nitrogens with zero attached hydrogens (tertiary/aromatic N) is 1. The van der Waals surface area contributed by atoms with Crippen LogP contribution in [0.4, 0.5) is 0 Å². The highest BCUT2D eigenvalue weighted by atomic mass is 35.5. The summed E-state index contributed by atoms with van der Waals surface area (Å²) in [5, 5.41) is 3.62. The Morgan fingerprint density at radius 3 is 2.33 bits per heavy atom. The van der Waals surface area contributed by atoms with E-state index in [0.717, 1.165) is 22.3 Å². The van der Waals surface area contributed by atoms with Crippen LogP contribution < -0.4 is 5.32 Å². The molecule has 162 valence electrons. The summed E-state index contributed by atoms with van der Waals surface area (Å²) in [7, 11) is 0. The molecular weight excluding hydrogens is 396 g/mol. The van der Waals surface area contributed by atoms with Gasteiger partial charge < -0.3 is 10.2 Å². The van der Waals surface area contributed by atoms with Gasteiger partial charge in [-0.25, -0.2) is 0 Å². The molecule has 1 N–H and O–H groups in total. The Balaban J connectivity index is 2.38. The molecular formula is C25H33ClN2O2. The second-order valence-electron chi connectivity index (χ2n) is 8.88. The zero-order valence-corrected chi connectivity index (χ0v) is 19.6. The van der Waals surface area contributed by atoms with Crippen LogP contribution in [0.5, 0.6) is 0 Å². The molecule has 2 aromatic carbocycles. The van der Waals surface area contributed by atoms with Gasteiger partial charge in [-0.05, 0) is 63.8 Å². The van der Waals surface area contributed by atoms with Crippen LogP contribution in [0, 0.1) is 13.8 Å². The standard InChI is InChI=1S/C25H33ClN2O2/c1-7-22(24(30)27-25(4,5)6)28(16-19-10-8-9-11-21(19)26)23(29)15-20-14-17(2)12-13-18(20)3/h8-14,22H,7,15-16H2,1-6H3,(H,27,30). The third-order valence-corrected chi connectivity index (χ3v) is 5.40. The number of aryl methyl sites for hydroxylation is 2. The van der Waals surface area contributed by atoms with Gasteiger partial charge in [-0.15, -0.1) is 0 Å². The van der Waals surface area contributed by atoms with Crippen molar-refractivity contribution < 1.29 is 9.59 Å². The number of carbonyl (C=O) groups is 2. The highest BCUT2D eigenvalue weighted by molar-refractivity contribution is 6.31. The zero-order chi connectivity index (χ0) is 22.5. The Labute approximate surface area is 185 Å². The average Bonchev–Trinajstić information content (AvgIpc) is 2.64. The molecule has 5 heteroatoms. The van der Waals surface area contributed by atoms with Crippen LogP contribution in [0.1, 0.15) is 56.4 Å². The number of rotatable bonds is 7. The van der Waals surface area contributed by atoms with Gasteiger partial charge in [-0.2, -0.15) is 0 Å². The van der Waals surface area contributed by atoms with Gasteiger partial charge in [-0.1, -0.05) is 60.5 Å². The van der Waals surface area contributed by atoms with Crippen molar-refractivity contribution in [3.05, 3.63) is 69.7 Å². The quantitative estimate of drug-likeness (QED) is 0.657. The molecule has 0 saturated heterocycles. The first-order valence-electron chi connectivity index (χ1n) is 10.4. The summed E-state index contributed by atoms with van der Waals surface area (Å²) >= 11 is 6.37. The van der Waals surface area contributed by atoms with Crippen molar-refractivity contribution in [1.29, 1.82) is 0 Å². The van der Waals surface area contributed by atoms with E-state index in [4.69, 9.17) is 11.6 Å². The number of amides is 2. The predicted octanol–water partition coefficient (Wildman–Crippen LogP) is 5.22. The van der Waals surface area contributed by atoms with E-state index in [2.05, 4.69) is 5.32 Å². The maximum atomic E-state index is 13.5. The van der Waals surface area contributed by atoms with Gasteiger partial charge in [0, 0.05) is 17.1 Å². The van der Waals surface area contributed by atoms with Crippen molar-refractivity contribution in [2.45, 2.75) is 72.5 Å². The molecule has 0 aliphatic rings. The lowest BCUT2D eigenvalue weighted by atomic mass is 10.0. The Kier molecular flexibility index (Phi) is 8.08. The van der Waals surface area contributed by atoms with Gasteiger partial charge in [-0.3, -0.25) is 9.59 Å². The van der Waals surface area contributed by atoms with E-state index in [0.29, 0.717) is 18.0 Å². The molecule has 1 atom stereocenters. The lowest BCUT2D eigenvalue weighted by Gasteiger charge is -2.33. The summed E-state index contributed by atoms with van der Waals surface area (Å²) in [5.74, 6) is -0.231. The number of hydrogen-bond donors (Lipinski definition) is 1. The van der Waals surface area contributed by atoms with Crippen LogP contribution >= 0.6 is 11.6 Å². The first-order chi connectivity index (χ1) is 14.0. The van der Waals surface area contributed by atoms with Crippen LogP contribution in [-0.4, -0.2) is 28.3 Å². The minimum absolute atomic E-state index is 0.0838. The zero-order valence-electron chi connectivity index (χ0n) is 18.9. The molecule has 0 aliphatic carbocycles. The van der Waals surface area contributed by atoms with Crippen molar-refractivity contribution in [1.82, 2.24) is 10.2 Å². The van der Waals surface area contributed by atoms with E-state index < -0.39 is 6.04 Å². The maximum absolute atomic E-state index is 13.5. The van der Waals surface area contributed by atoms with Crippen molar-refractivity contribution in [2.75, 3.05) is 0 Å². The summed E-state index contributed by atoms with van der Waals surface area (Å²) in [6.07, 6.45) is 0.766. The Morgan fingerprint density at radius 1 is 1.07 bits per heavy atom. The summed E-state index contributed by atoms with van der Waals surface area (Å²) in [6.45, 7) is 12.1. The summed E-state index contributed by atoms with van der Waals surface area (Å²) in [4.78, 5) is 28.2. The van der Waals surface area contributed by atoms with Gasteiger partial charge in [0.25, 0.3) is 0 Å². The molecule has 30 heavy (non-hydrogen) atoms. The fraction of sp³-hybridized carbons (Fsp3) is 0.440. The van der Waals surface area contributed by atoms with E-state index in [9.17, 15) is 9.59 Å². The molecule has 4 nitrogen and oxygen atoms in total. The number of halogens is 1. The summed E-state index contributed by atoms with van der Waals surface area (Å²) in [5.41, 5.74) is 3.61. The molecule has 0 heterocycles. The molecule has 0 bridgehead atoms. The third kappa shape index (κ3) is 6.60.